The number of para-hydroxylation sites is 1. The summed E-state index contributed by atoms with van der Waals surface area (Å²) < 4.78 is 11.0. The molecule has 2 unspecified atom stereocenters. The van der Waals surface area contributed by atoms with Gasteiger partial charge in [-0.25, -0.2) is 0 Å². The Kier molecular flexibility index (Phi) is 3.78. The maximum atomic E-state index is 12.2. The molecule has 0 radical (unpaired) electrons. The van der Waals surface area contributed by atoms with Gasteiger partial charge in [-0.3, -0.25) is 4.79 Å². The Bertz CT molecular complexity index is 503. The molecule has 1 fully saturated rings. The van der Waals surface area contributed by atoms with Crippen LogP contribution in [-0.2, 0) is 0 Å². The first-order chi connectivity index (χ1) is 9.74. The summed E-state index contributed by atoms with van der Waals surface area (Å²) in [5, 5.41) is 12.4. The molecule has 2 aliphatic rings. The van der Waals surface area contributed by atoms with Gasteiger partial charge in [0.1, 0.15) is 13.2 Å². The molecule has 0 aromatic heterocycles. The Morgan fingerprint density at radius 1 is 1.30 bits per heavy atom. The molecule has 1 saturated carbocycles. The topological polar surface area (TPSA) is 67.8 Å². The van der Waals surface area contributed by atoms with Gasteiger partial charge >= 0.3 is 0 Å². The molecule has 0 saturated heterocycles. The first-order valence-electron chi connectivity index (χ1n) is 7.09. The lowest BCUT2D eigenvalue weighted by Crippen LogP contribution is -2.29. The zero-order chi connectivity index (χ0) is 13.9. The Morgan fingerprint density at radius 2 is 2.15 bits per heavy atom. The molecule has 5 nitrogen and oxygen atoms in total. The summed E-state index contributed by atoms with van der Waals surface area (Å²) >= 11 is 0. The van der Waals surface area contributed by atoms with Gasteiger partial charge in [0, 0.05) is 6.54 Å². The summed E-state index contributed by atoms with van der Waals surface area (Å²) in [6, 6.07) is 5.34. The molecular formula is C15H19NO4. The van der Waals surface area contributed by atoms with Crippen molar-refractivity contribution in [1.82, 2.24) is 5.32 Å². The minimum atomic E-state index is -0.210. The zero-order valence-corrected chi connectivity index (χ0v) is 11.3. The van der Waals surface area contributed by atoms with Gasteiger partial charge < -0.3 is 19.9 Å². The van der Waals surface area contributed by atoms with E-state index in [0.29, 0.717) is 42.7 Å². The van der Waals surface area contributed by atoms with Crippen LogP contribution >= 0.6 is 0 Å². The minimum Gasteiger partial charge on any atom is -0.486 e. The molecule has 1 aromatic rings. The molecule has 108 valence electrons. The first-order valence-corrected chi connectivity index (χ1v) is 7.09. The predicted octanol–water partition coefficient (Wildman–Crippen LogP) is 1.35. The second-order valence-electron chi connectivity index (χ2n) is 5.37. The Hall–Kier alpha value is -1.75. The second-order valence-corrected chi connectivity index (χ2v) is 5.37. The van der Waals surface area contributed by atoms with Gasteiger partial charge in [0.25, 0.3) is 5.91 Å². The maximum Gasteiger partial charge on any atom is 0.255 e. The fourth-order valence-corrected chi connectivity index (χ4v) is 2.82. The van der Waals surface area contributed by atoms with Gasteiger partial charge in [-0.15, -0.1) is 0 Å². The van der Waals surface area contributed by atoms with Gasteiger partial charge in [-0.2, -0.15) is 0 Å². The third kappa shape index (κ3) is 2.72. The van der Waals surface area contributed by atoms with Gasteiger partial charge in [0.15, 0.2) is 11.5 Å². The molecule has 1 amide bonds. The second kappa shape index (κ2) is 5.71. The highest BCUT2D eigenvalue weighted by molar-refractivity contribution is 5.97. The summed E-state index contributed by atoms with van der Waals surface area (Å²) in [4.78, 5) is 12.2. The molecule has 2 atom stereocenters. The van der Waals surface area contributed by atoms with Gasteiger partial charge in [-0.1, -0.05) is 6.07 Å². The molecule has 0 bridgehead atoms. The van der Waals surface area contributed by atoms with Crippen LogP contribution in [0.4, 0.5) is 0 Å². The summed E-state index contributed by atoms with van der Waals surface area (Å²) in [5.41, 5.74) is 0.515. The van der Waals surface area contributed by atoms with Crippen molar-refractivity contribution in [1.29, 1.82) is 0 Å². The van der Waals surface area contributed by atoms with Gasteiger partial charge in [0.05, 0.1) is 11.7 Å². The molecule has 3 rings (SSSR count). The fourth-order valence-electron chi connectivity index (χ4n) is 2.82. The zero-order valence-electron chi connectivity index (χ0n) is 11.3. The van der Waals surface area contributed by atoms with Crippen LogP contribution in [-0.4, -0.2) is 36.9 Å². The number of aliphatic hydroxyl groups excluding tert-OH is 1. The number of aliphatic hydroxyl groups is 1. The highest BCUT2D eigenvalue weighted by Crippen LogP contribution is 2.33. The average molecular weight is 277 g/mol. The van der Waals surface area contributed by atoms with Crippen LogP contribution in [0.25, 0.3) is 0 Å². The van der Waals surface area contributed by atoms with E-state index in [2.05, 4.69) is 5.32 Å². The van der Waals surface area contributed by atoms with Crippen molar-refractivity contribution in [3.63, 3.8) is 0 Å². The molecule has 5 heteroatoms. The van der Waals surface area contributed by atoms with E-state index in [1.807, 2.05) is 0 Å². The Balaban J connectivity index is 1.65. The van der Waals surface area contributed by atoms with Crippen LogP contribution in [0.2, 0.25) is 0 Å². The summed E-state index contributed by atoms with van der Waals surface area (Å²) in [6.45, 7) is 1.57. The quantitative estimate of drug-likeness (QED) is 0.875. The van der Waals surface area contributed by atoms with Crippen molar-refractivity contribution >= 4 is 5.91 Å². The smallest absolute Gasteiger partial charge is 0.255 e. The van der Waals surface area contributed by atoms with Crippen molar-refractivity contribution in [2.24, 2.45) is 5.92 Å². The van der Waals surface area contributed by atoms with Crippen molar-refractivity contribution in [2.45, 2.75) is 25.4 Å². The van der Waals surface area contributed by atoms with E-state index in [1.54, 1.807) is 18.2 Å². The number of rotatable bonds is 3. The lowest BCUT2D eigenvalue weighted by Gasteiger charge is -2.21. The minimum absolute atomic E-state index is 0.145. The van der Waals surface area contributed by atoms with E-state index >= 15 is 0 Å². The van der Waals surface area contributed by atoms with E-state index in [4.69, 9.17) is 9.47 Å². The monoisotopic (exact) mass is 277 g/mol. The fraction of sp³-hybridized carbons (Fsp3) is 0.533. The normalized spacial score (nSPS) is 24.4. The standard InChI is InChI=1S/C15H19NO4/c17-11-5-4-10(8-11)9-16-15(18)12-2-1-3-13-14(12)20-7-6-19-13/h1-3,10-11,17H,4-9H2,(H,16,18). The van der Waals surface area contributed by atoms with E-state index in [-0.39, 0.29) is 12.0 Å². The number of amides is 1. The van der Waals surface area contributed by atoms with Crippen molar-refractivity contribution in [3.05, 3.63) is 23.8 Å². The number of carbonyl (C=O) groups is 1. The number of benzene rings is 1. The summed E-state index contributed by atoms with van der Waals surface area (Å²) in [6.07, 6.45) is 2.36. The lowest BCUT2D eigenvalue weighted by molar-refractivity contribution is 0.0934. The van der Waals surface area contributed by atoms with Crippen LogP contribution in [0.15, 0.2) is 18.2 Å². The predicted molar refractivity (Wildman–Crippen MR) is 73.1 cm³/mol. The molecular weight excluding hydrogens is 258 g/mol. The van der Waals surface area contributed by atoms with Crippen LogP contribution < -0.4 is 14.8 Å². The molecule has 1 aromatic carbocycles. The van der Waals surface area contributed by atoms with Gasteiger partial charge in [0.2, 0.25) is 0 Å². The van der Waals surface area contributed by atoms with E-state index < -0.39 is 0 Å². The third-order valence-corrected chi connectivity index (χ3v) is 3.88. The van der Waals surface area contributed by atoms with E-state index in [1.165, 1.54) is 0 Å². The number of hydrogen-bond acceptors (Lipinski definition) is 4. The highest BCUT2D eigenvalue weighted by atomic mass is 16.6. The lowest BCUT2D eigenvalue weighted by atomic mass is 10.1. The number of fused-ring (bicyclic) bond motifs is 1. The molecule has 1 aliphatic carbocycles. The van der Waals surface area contributed by atoms with Gasteiger partial charge in [-0.05, 0) is 37.3 Å². The number of hydrogen-bond donors (Lipinski definition) is 2. The van der Waals surface area contributed by atoms with Crippen LogP contribution in [0, 0.1) is 5.92 Å². The largest absolute Gasteiger partial charge is 0.486 e. The highest BCUT2D eigenvalue weighted by Gasteiger charge is 2.24. The summed E-state index contributed by atoms with van der Waals surface area (Å²) in [7, 11) is 0. The van der Waals surface area contributed by atoms with Crippen LogP contribution in [0.5, 0.6) is 11.5 Å². The summed E-state index contributed by atoms with van der Waals surface area (Å²) in [5.74, 6) is 1.38. The van der Waals surface area contributed by atoms with Crippen LogP contribution in [0.3, 0.4) is 0 Å². The first kappa shape index (κ1) is 13.2. The maximum absolute atomic E-state index is 12.2. The molecule has 0 spiro atoms. The van der Waals surface area contributed by atoms with Crippen LogP contribution in [0.1, 0.15) is 29.6 Å². The molecule has 1 heterocycles. The molecule has 20 heavy (non-hydrogen) atoms. The molecule has 2 N–H and O–H groups in total. The average Bonchev–Trinajstić information content (AvgIpc) is 2.90. The number of ether oxygens (including phenoxy) is 2. The number of nitrogens with one attached hydrogen (secondary N) is 1. The SMILES string of the molecule is O=C(NCC1CCC(O)C1)c1cccc2c1OCCO2. The third-order valence-electron chi connectivity index (χ3n) is 3.88. The number of carbonyl (C=O) groups excluding carboxylic acids is 1. The Labute approximate surface area is 117 Å². The van der Waals surface area contributed by atoms with Crippen molar-refractivity contribution in [3.8, 4) is 11.5 Å². The Morgan fingerprint density at radius 3 is 2.95 bits per heavy atom. The van der Waals surface area contributed by atoms with E-state index in [0.717, 1.165) is 19.3 Å². The van der Waals surface area contributed by atoms with Crippen molar-refractivity contribution in [2.75, 3.05) is 19.8 Å². The van der Waals surface area contributed by atoms with E-state index in [9.17, 15) is 9.90 Å². The van der Waals surface area contributed by atoms with Crippen molar-refractivity contribution < 1.29 is 19.4 Å². The molecule has 1 aliphatic heterocycles.